The van der Waals surface area contributed by atoms with E-state index in [4.69, 9.17) is 17.3 Å². The van der Waals surface area contributed by atoms with Gasteiger partial charge in [-0.3, -0.25) is 14.9 Å². The molecule has 0 aliphatic heterocycles. The van der Waals surface area contributed by atoms with Crippen molar-refractivity contribution < 1.29 is 14.1 Å². The van der Waals surface area contributed by atoms with Gasteiger partial charge in [0, 0.05) is 17.8 Å². The summed E-state index contributed by atoms with van der Waals surface area (Å²) in [7, 11) is 0. The number of nitrogens with zero attached hydrogens (tertiary/aromatic N) is 2. The number of carbonyl (C=O) groups is 1. The van der Waals surface area contributed by atoms with Crippen LogP contribution in [0.15, 0.2) is 30.3 Å². The summed E-state index contributed by atoms with van der Waals surface area (Å²) in [6.07, 6.45) is 0. The first-order valence-corrected chi connectivity index (χ1v) is 5.93. The summed E-state index contributed by atoms with van der Waals surface area (Å²) in [5.74, 6) is -1.68. The number of nitrogens with one attached hydrogen (secondary N) is 1. The summed E-state index contributed by atoms with van der Waals surface area (Å²) in [4.78, 5) is 25.3. The fourth-order valence-corrected chi connectivity index (χ4v) is 1.73. The third-order valence-electron chi connectivity index (χ3n) is 2.48. The van der Waals surface area contributed by atoms with E-state index in [1.165, 1.54) is 18.2 Å². The Morgan fingerprint density at radius 2 is 2.10 bits per heavy atom. The van der Waals surface area contributed by atoms with E-state index in [1.807, 2.05) is 0 Å². The van der Waals surface area contributed by atoms with Gasteiger partial charge in [-0.15, -0.1) is 0 Å². The molecule has 2 rings (SSSR count). The summed E-state index contributed by atoms with van der Waals surface area (Å²) >= 11 is 5.81. The Balaban J connectivity index is 2.26. The molecule has 0 bridgehead atoms. The van der Waals surface area contributed by atoms with Gasteiger partial charge >= 0.3 is 5.69 Å². The number of carbonyl (C=O) groups excluding carboxylic acids is 1. The monoisotopic (exact) mass is 310 g/mol. The molecular weight excluding hydrogens is 303 g/mol. The highest BCUT2D eigenvalue weighted by atomic mass is 35.5. The van der Waals surface area contributed by atoms with Gasteiger partial charge in [-0.1, -0.05) is 11.6 Å². The minimum atomic E-state index is -1.07. The molecule has 0 spiro atoms. The molecule has 0 fully saturated rings. The SMILES string of the molecule is Nc1ccc(Cl)c(C(=O)Nc2ccc([N+](=O)[O-])c(F)c2)n1. The molecule has 0 atom stereocenters. The summed E-state index contributed by atoms with van der Waals surface area (Å²) < 4.78 is 13.4. The molecule has 0 saturated carbocycles. The molecule has 0 aliphatic carbocycles. The van der Waals surface area contributed by atoms with Crippen LogP contribution in [0, 0.1) is 15.9 Å². The van der Waals surface area contributed by atoms with E-state index in [9.17, 15) is 19.3 Å². The van der Waals surface area contributed by atoms with Crippen molar-refractivity contribution >= 4 is 34.7 Å². The van der Waals surface area contributed by atoms with Gasteiger partial charge in [-0.25, -0.2) is 4.98 Å². The molecular formula is C12H8ClFN4O3. The molecule has 0 saturated heterocycles. The Labute approximate surface area is 122 Å². The van der Waals surface area contributed by atoms with E-state index in [0.29, 0.717) is 0 Å². The summed E-state index contributed by atoms with van der Waals surface area (Å²) in [6.45, 7) is 0. The lowest BCUT2D eigenvalue weighted by Gasteiger charge is -2.07. The second kappa shape index (κ2) is 5.71. The van der Waals surface area contributed by atoms with Crippen LogP contribution in [0.5, 0.6) is 0 Å². The molecule has 1 aromatic heterocycles. The largest absolute Gasteiger partial charge is 0.384 e. The number of amides is 1. The number of rotatable bonds is 3. The highest BCUT2D eigenvalue weighted by Crippen LogP contribution is 2.22. The maximum absolute atomic E-state index is 13.4. The van der Waals surface area contributed by atoms with E-state index in [-0.39, 0.29) is 22.2 Å². The molecule has 0 unspecified atom stereocenters. The third kappa shape index (κ3) is 3.23. The van der Waals surface area contributed by atoms with Crippen molar-refractivity contribution in [3.63, 3.8) is 0 Å². The molecule has 1 aromatic carbocycles. The van der Waals surface area contributed by atoms with Gasteiger partial charge in [0.05, 0.1) is 9.95 Å². The van der Waals surface area contributed by atoms with Crippen LogP contribution in [-0.2, 0) is 0 Å². The lowest BCUT2D eigenvalue weighted by Crippen LogP contribution is -2.15. The summed E-state index contributed by atoms with van der Waals surface area (Å²) in [5, 5.41) is 12.9. The summed E-state index contributed by atoms with van der Waals surface area (Å²) in [5.41, 5.74) is 4.67. The Morgan fingerprint density at radius 1 is 1.38 bits per heavy atom. The van der Waals surface area contributed by atoms with Crippen molar-refractivity contribution in [2.24, 2.45) is 0 Å². The van der Waals surface area contributed by atoms with Crippen LogP contribution in [0.2, 0.25) is 5.02 Å². The van der Waals surface area contributed by atoms with Crippen molar-refractivity contribution in [3.05, 3.63) is 57.0 Å². The molecule has 9 heteroatoms. The molecule has 21 heavy (non-hydrogen) atoms. The standard InChI is InChI=1S/C12H8ClFN4O3/c13-7-2-4-10(15)17-11(7)12(19)16-6-1-3-9(18(20)21)8(14)5-6/h1-5H,(H2,15,17)(H,16,19). The number of anilines is 2. The molecule has 7 nitrogen and oxygen atoms in total. The van der Waals surface area contributed by atoms with Crippen molar-refractivity contribution in [3.8, 4) is 0 Å². The van der Waals surface area contributed by atoms with Gasteiger partial charge in [-0.05, 0) is 18.2 Å². The minimum Gasteiger partial charge on any atom is -0.384 e. The second-order valence-corrected chi connectivity index (χ2v) is 4.35. The molecule has 108 valence electrons. The first kappa shape index (κ1) is 14.7. The number of aromatic nitrogens is 1. The van der Waals surface area contributed by atoms with Crippen LogP contribution >= 0.6 is 11.6 Å². The highest BCUT2D eigenvalue weighted by Gasteiger charge is 2.17. The molecule has 3 N–H and O–H groups in total. The van der Waals surface area contributed by atoms with E-state index < -0.39 is 22.3 Å². The van der Waals surface area contributed by atoms with Crippen molar-refractivity contribution in [1.29, 1.82) is 0 Å². The molecule has 1 heterocycles. The van der Waals surface area contributed by atoms with Gasteiger partial charge in [0.15, 0.2) is 0 Å². The topological polar surface area (TPSA) is 111 Å². The summed E-state index contributed by atoms with van der Waals surface area (Å²) in [6, 6.07) is 5.79. The number of hydrogen-bond donors (Lipinski definition) is 2. The first-order chi connectivity index (χ1) is 9.88. The van der Waals surface area contributed by atoms with Gasteiger partial charge in [0.25, 0.3) is 5.91 Å². The second-order valence-electron chi connectivity index (χ2n) is 3.94. The average Bonchev–Trinajstić information content (AvgIpc) is 2.41. The maximum atomic E-state index is 13.4. The molecule has 0 radical (unpaired) electrons. The van der Waals surface area contributed by atoms with E-state index in [2.05, 4.69) is 10.3 Å². The van der Waals surface area contributed by atoms with Crippen LogP contribution in [0.3, 0.4) is 0 Å². The number of nitrogens with two attached hydrogens (primary N) is 1. The fraction of sp³-hybridized carbons (Fsp3) is 0. The van der Waals surface area contributed by atoms with Gasteiger partial charge < -0.3 is 11.1 Å². The number of hydrogen-bond acceptors (Lipinski definition) is 5. The lowest BCUT2D eigenvalue weighted by atomic mass is 10.2. The predicted octanol–water partition coefficient (Wildman–Crippen LogP) is 2.62. The van der Waals surface area contributed by atoms with Crippen LogP contribution in [-0.4, -0.2) is 15.8 Å². The normalized spacial score (nSPS) is 10.2. The van der Waals surface area contributed by atoms with E-state index >= 15 is 0 Å². The van der Waals surface area contributed by atoms with E-state index in [0.717, 1.165) is 12.1 Å². The third-order valence-corrected chi connectivity index (χ3v) is 2.79. The Bertz CT molecular complexity index is 738. The van der Waals surface area contributed by atoms with Crippen molar-refractivity contribution in [2.75, 3.05) is 11.1 Å². The molecule has 1 amide bonds. The van der Waals surface area contributed by atoms with Crippen LogP contribution in [0.25, 0.3) is 0 Å². The van der Waals surface area contributed by atoms with Gasteiger partial charge in [0.2, 0.25) is 5.82 Å². The number of benzene rings is 1. The zero-order valence-electron chi connectivity index (χ0n) is 10.3. The van der Waals surface area contributed by atoms with Crippen LogP contribution < -0.4 is 11.1 Å². The number of nitro groups is 1. The number of nitrogen functional groups attached to an aromatic ring is 1. The smallest absolute Gasteiger partial charge is 0.304 e. The Morgan fingerprint density at radius 3 is 2.71 bits per heavy atom. The first-order valence-electron chi connectivity index (χ1n) is 5.56. The predicted molar refractivity (Wildman–Crippen MR) is 74.7 cm³/mol. The van der Waals surface area contributed by atoms with Crippen molar-refractivity contribution in [2.45, 2.75) is 0 Å². The zero-order valence-corrected chi connectivity index (χ0v) is 11.1. The quantitative estimate of drug-likeness (QED) is 0.668. The Kier molecular flexibility index (Phi) is 3.99. The van der Waals surface area contributed by atoms with Gasteiger partial charge in [-0.2, -0.15) is 4.39 Å². The highest BCUT2D eigenvalue weighted by molar-refractivity contribution is 6.34. The fourth-order valence-electron chi connectivity index (χ4n) is 1.54. The molecule has 2 aromatic rings. The number of halogens is 2. The number of nitro benzene ring substituents is 1. The van der Waals surface area contributed by atoms with Gasteiger partial charge in [0.1, 0.15) is 11.5 Å². The van der Waals surface area contributed by atoms with Crippen LogP contribution in [0.4, 0.5) is 21.6 Å². The lowest BCUT2D eigenvalue weighted by molar-refractivity contribution is -0.387. The average molecular weight is 311 g/mol. The maximum Gasteiger partial charge on any atom is 0.304 e. The Hall–Kier alpha value is -2.74. The molecule has 0 aliphatic rings. The zero-order chi connectivity index (χ0) is 15.6. The van der Waals surface area contributed by atoms with Crippen LogP contribution in [0.1, 0.15) is 10.5 Å². The number of pyridine rings is 1. The minimum absolute atomic E-state index is 0.0309. The van der Waals surface area contributed by atoms with E-state index in [1.54, 1.807) is 0 Å². The van der Waals surface area contributed by atoms with Crippen molar-refractivity contribution in [1.82, 2.24) is 4.98 Å².